The third kappa shape index (κ3) is 11.0. The lowest BCUT2D eigenvalue weighted by atomic mass is 9.93. The molecule has 1 heterocycles. The fourth-order valence-corrected chi connectivity index (χ4v) is 3.31. The van der Waals surface area contributed by atoms with Crippen LogP contribution in [0, 0.1) is 16.6 Å². The van der Waals surface area contributed by atoms with Crippen molar-refractivity contribution in [1.82, 2.24) is 9.55 Å². The van der Waals surface area contributed by atoms with E-state index in [-0.39, 0.29) is 24.5 Å². The summed E-state index contributed by atoms with van der Waals surface area (Å²) in [5.74, 6) is -2.29. The van der Waals surface area contributed by atoms with E-state index >= 15 is 0 Å². The molecule has 0 aromatic carbocycles. The Bertz CT molecular complexity index is 1050. The quantitative estimate of drug-likeness (QED) is 0.207. The number of rotatable bonds is 11. The van der Waals surface area contributed by atoms with Crippen LogP contribution in [0.2, 0.25) is 0 Å². The van der Waals surface area contributed by atoms with Crippen LogP contribution in [0.3, 0.4) is 0 Å². The molecule has 192 valence electrons. The van der Waals surface area contributed by atoms with Crippen LogP contribution in [0.25, 0.3) is 0 Å². The second-order valence-electron chi connectivity index (χ2n) is 9.58. The number of aromatic nitrogens is 2. The maximum Gasteiger partial charge on any atom is 0.340 e. The van der Waals surface area contributed by atoms with Gasteiger partial charge in [0.1, 0.15) is 0 Å². The fraction of sp³-hybridized carbons (Fsp3) is 0.619. The van der Waals surface area contributed by atoms with Gasteiger partial charge in [0.2, 0.25) is 19.4 Å². The highest BCUT2D eigenvalue weighted by Crippen LogP contribution is 2.48. The predicted octanol–water partition coefficient (Wildman–Crippen LogP) is 2.94. The Morgan fingerprint density at radius 3 is 2.21 bits per heavy atom. The molecule has 0 aliphatic carbocycles. The maximum absolute atomic E-state index is 13.4. The van der Waals surface area contributed by atoms with Crippen molar-refractivity contribution in [1.29, 1.82) is 0 Å². The van der Waals surface area contributed by atoms with Gasteiger partial charge in [0, 0.05) is 6.54 Å². The monoisotopic (exact) mass is 506 g/mol. The van der Waals surface area contributed by atoms with Crippen molar-refractivity contribution in [2.45, 2.75) is 54.5 Å². The van der Waals surface area contributed by atoms with Gasteiger partial charge in [0.15, 0.2) is 0 Å². The topological polar surface area (TPSA) is 143 Å². The van der Waals surface area contributed by atoms with Crippen molar-refractivity contribution in [3.05, 3.63) is 45.0 Å². The average Bonchev–Trinajstić information content (AvgIpc) is 2.66. The van der Waals surface area contributed by atoms with E-state index in [9.17, 15) is 28.1 Å². The summed E-state index contributed by atoms with van der Waals surface area (Å²) in [5.41, 5.74) is -3.09. The summed E-state index contributed by atoms with van der Waals surface area (Å²) in [6.07, 6.45) is 3.20. The van der Waals surface area contributed by atoms with E-state index in [1.165, 1.54) is 12.2 Å². The molecule has 0 spiro atoms. The van der Waals surface area contributed by atoms with Crippen LogP contribution in [-0.2, 0) is 39.2 Å². The minimum Gasteiger partial charge on any atom is -0.438 e. The Kier molecular flexibility index (Phi) is 10.6. The number of nitrogens with zero attached hydrogens (tertiary/aromatic N) is 1. The van der Waals surface area contributed by atoms with Gasteiger partial charge in [-0.3, -0.25) is 37.5 Å². The van der Waals surface area contributed by atoms with Crippen LogP contribution in [0.15, 0.2) is 27.9 Å². The Hall–Kier alpha value is -2.56. The Balaban J connectivity index is 2.80. The zero-order valence-electron chi connectivity index (χ0n) is 20.2. The van der Waals surface area contributed by atoms with Crippen LogP contribution >= 0.6 is 7.60 Å². The molecule has 1 aromatic heterocycles. The lowest BCUT2D eigenvalue weighted by Gasteiger charge is -2.20. The highest BCUT2D eigenvalue weighted by molar-refractivity contribution is 7.54. The molecular weight excluding hydrogens is 474 g/mol. The van der Waals surface area contributed by atoms with Gasteiger partial charge in [-0.15, -0.1) is 0 Å². The molecule has 0 aliphatic rings. The molecule has 0 saturated heterocycles. The number of ether oxygens (including phenoxy) is 2. The normalized spacial score (nSPS) is 14.1. The van der Waals surface area contributed by atoms with E-state index in [4.69, 9.17) is 18.5 Å². The number of carbonyl (C=O) groups is 2. The van der Waals surface area contributed by atoms with E-state index in [0.29, 0.717) is 0 Å². The number of aromatic amines is 1. The molecule has 11 nitrogen and oxygen atoms in total. The Morgan fingerprint density at radius 1 is 1.06 bits per heavy atom. The third-order valence-electron chi connectivity index (χ3n) is 3.96. The second kappa shape index (κ2) is 12.2. The van der Waals surface area contributed by atoms with Gasteiger partial charge < -0.3 is 9.47 Å². The Morgan fingerprint density at radius 2 is 1.65 bits per heavy atom. The highest BCUT2D eigenvalue weighted by atomic mass is 31.2. The molecule has 0 fully saturated rings. The van der Waals surface area contributed by atoms with Crippen LogP contribution in [0.4, 0.5) is 4.39 Å². The molecule has 1 N–H and O–H groups in total. The van der Waals surface area contributed by atoms with Gasteiger partial charge in [-0.25, -0.2) is 4.79 Å². The van der Waals surface area contributed by atoms with Gasteiger partial charge in [0.05, 0.1) is 24.2 Å². The molecule has 0 bridgehead atoms. The first-order valence-electron chi connectivity index (χ1n) is 10.4. The Labute approximate surface area is 196 Å². The number of carbonyl (C=O) groups excluding carboxylic acids is 2. The van der Waals surface area contributed by atoms with Gasteiger partial charge in [0.25, 0.3) is 5.56 Å². The van der Waals surface area contributed by atoms with Crippen LogP contribution in [0.1, 0.15) is 48.0 Å². The van der Waals surface area contributed by atoms with Gasteiger partial charge in [-0.1, -0.05) is 32.9 Å². The summed E-state index contributed by atoms with van der Waals surface area (Å²) in [5, 5.41) is 0. The molecule has 0 saturated carbocycles. The van der Waals surface area contributed by atoms with Crippen molar-refractivity contribution >= 4 is 19.5 Å². The van der Waals surface area contributed by atoms with E-state index in [2.05, 4.69) is 0 Å². The lowest BCUT2D eigenvalue weighted by molar-refractivity contribution is -0.160. The molecule has 13 heteroatoms. The standard InChI is InChI=1S/C21H32FN2O9P/c1-20(2,3)11-16(25)30-13-32-34(29,33-14-31-18(27)21(4,5)6)10-8-7-9-24-12-15(22)17(26)23-19(24)28/h7-8,12H,9-11,13-14H2,1-6H3,(H,23,26,28)/b8-7+. The van der Waals surface area contributed by atoms with Crippen molar-refractivity contribution in [3.63, 3.8) is 0 Å². The highest BCUT2D eigenvalue weighted by Gasteiger charge is 2.28. The summed E-state index contributed by atoms with van der Waals surface area (Å²) in [6, 6.07) is 0. The SMILES string of the molecule is CC(C)(C)CC(=O)OCOP(=O)(C/C=C/Cn1cc(F)c(=O)[nH]c1=O)OCOC(=O)C(C)(C)C. The average molecular weight is 506 g/mol. The molecule has 0 aliphatic heterocycles. The number of halogens is 1. The molecule has 1 rings (SSSR count). The van der Waals surface area contributed by atoms with Crippen LogP contribution in [0.5, 0.6) is 0 Å². The molecule has 0 amide bonds. The van der Waals surface area contributed by atoms with Crippen molar-refractivity contribution in [2.24, 2.45) is 10.8 Å². The zero-order valence-corrected chi connectivity index (χ0v) is 21.1. The summed E-state index contributed by atoms with van der Waals surface area (Å²) in [4.78, 5) is 48.3. The van der Waals surface area contributed by atoms with Gasteiger partial charge in [-0.05, 0) is 26.2 Å². The number of esters is 2. The van der Waals surface area contributed by atoms with Gasteiger partial charge in [-0.2, -0.15) is 4.39 Å². The third-order valence-corrected chi connectivity index (χ3v) is 5.62. The molecule has 0 radical (unpaired) electrons. The van der Waals surface area contributed by atoms with Crippen molar-refractivity contribution in [2.75, 3.05) is 19.7 Å². The number of allylic oxidation sites excluding steroid dienone is 2. The fourth-order valence-electron chi connectivity index (χ4n) is 2.19. The molecular formula is C21H32FN2O9P. The van der Waals surface area contributed by atoms with Crippen LogP contribution in [-0.4, -0.2) is 41.2 Å². The lowest BCUT2D eigenvalue weighted by Crippen LogP contribution is -2.31. The molecule has 1 atom stereocenters. The largest absolute Gasteiger partial charge is 0.438 e. The summed E-state index contributed by atoms with van der Waals surface area (Å²) in [7, 11) is -3.95. The van der Waals surface area contributed by atoms with Crippen LogP contribution < -0.4 is 11.2 Å². The van der Waals surface area contributed by atoms with E-state index in [1.54, 1.807) is 20.8 Å². The van der Waals surface area contributed by atoms with E-state index in [1.807, 2.05) is 25.8 Å². The zero-order chi connectivity index (χ0) is 26.2. The smallest absolute Gasteiger partial charge is 0.340 e. The second-order valence-corrected chi connectivity index (χ2v) is 11.7. The number of hydrogen-bond donors (Lipinski definition) is 1. The molecule has 1 aromatic rings. The molecule has 34 heavy (non-hydrogen) atoms. The number of H-pyrrole nitrogens is 1. The van der Waals surface area contributed by atoms with E-state index < -0.39 is 55.6 Å². The van der Waals surface area contributed by atoms with E-state index in [0.717, 1.165) is 10.8 Å². The van der Waals surface area contributed by atoms with Crippen molar-refractivity contribution in [3.8, 4) is 0 Å². The summed E-state index contributed by atoms with van der Waals surface area (Å²) < 4.78 is 47.5. The summed E-state index contributed by atoms with van der Waals surface area (Å²) in [6.45, 7) is 8.95. The number of nitrogens with one attached hydrogen (secondary N) is 1. The first kappa shape index (κ1) is 29.5. The van der Waals surface area contributed by atoms with Crippen molar-refractivity contribution < 1.29 is 37.1 Å². The first-order chi connectivity index (χ1) is 15.5. The van der Waals surface area contributed by atoms with Gasteiger partial charge >= 0.3 is 25.2 Å². The number of hydrogen-bond acceptors (Lipinski definition) is 9. The minimum atomic E-state index is -3.95. The first-order valence-corrected chi connectivity index (χ1v) is 12.1. The summed E-state index contributed by atoms with van der Waals surface area (Å²) >= 11 is 0. The predicted molar refractivity (Wildman–Crippen MR) is 121 cm³/mol. The molecule has 1 unspecified atom stereocenters. The maximum atomic E-state index is 13.4. The minimum absolute atomic E-state index is 0.106.